The highest BCUT2D eigenvalue weighted by atomic mass is 16.5. The summed E-state index contributed by atoms with van der Waals surface area (Å²) in [5, 5.41) is 14.7. The van der Waals surface area contributed by atoms with Crippen LogP contribution >= 0.6 is 0 Å². The lowest BCUT2D eigenvalue weighted by atomic mass is 9.96. The van der Waals surface area contributed by atoms with Gasteiger partial charge in [-0.25, -0.2) is 0 Å². The van der Waals surface area contributed by atoms with Crippen molar-refractivity contribution in [3.8, 4) is 0 Å². The molecule has 0 saturated carbocycles. The summed E-state index contributed by atoms with van der Waals surface area (Å²) in [6, 6.07) is 5.62. The maximum Gasteiger partial charge on any atom is 0.197 e. The van der Waals surface area contributed by atoms with Gasteiger partial charge in [-0.2, -0.15) is 4.73 Å². The van der Waals surface area contributed by atoms with Crippen molar-refractivity contribution in [1.82, 2.24) is 5.32 Å². The van der Waals surface area contributed by atoms with Crippen LogP contribution in [0.4, 0.5) is 0 Å². The van der Waals surface area contributed by atoms with E-state index in [9.17, 15) is 5.21 Å². The minimum atomic E-state index is 0.396. The SMILES string of the molecule is [O-][n+]1ccccc1C1CCCNC1. The fourth-order valence-electron chi connectivity index (χ4n) is 1.86. The number of nitrogens with zero attached hydrogens (tertiary/aromatic N) is 1. The molecule has 2 rings (SSSR count). The van der Waals surface area contributed by atoms with E-state index in [1.54, 1.807) is 12.3 Å². The summed E-state index contributed by atoms with van der Waals surface area (Å²) in [4.78, 5) is 0. The molecule has 0 spiro atoms. The summed E-state index contributed by atoms with van der Waals surface area (Å²) < 4.78 is 0.984. The molecule has 2 heterocycles. The zero-order valence-corrected chi connectivity index (χ0v) is 7.57. The van der Waals surface area contributed by atoms with Gasteiger partial charge in [0.15, 0.2) is 11.9 Å². The molecular weight excluding hydrogens is 164 g/mol. The summed E-state index contributed by atoms with van der Waals surface area (Å²) in [5.41, 5.74) is 0.898. The second-order valence-corrected chi connectivity index (χ2v) is 3.49. The third kappa shape index (κ3) is 1.80. The van der Waals surface area contributed by atoms with Crippen molar-refractivity contribution in [3.05, 3.63) is 35.3 Å². The Hall–Kier alpha value is -1.09. The minimum Gasteiger partial charge on any atom is -0.618 e. The highest BCUT2D eigenvalue weighted by molar-refractivity contribution is 5.05. The second kappa shape index (κ2) is 3.75. The molecule has 1 aliphatic heterocycles. The van der Waals surface area contributed by atoms with E-state index in [1.165, 1.54) is 6.42 Å². The van der Waals surface area contributed by atoms with Crippen molar-refractivity contribution in [2.24, 2.45) is 0 Å². The summed E-state index contributed by atoms with van der Waals surface area (Å²) in [7, 11) is 0. The molecule has 1 aliphatic rings. The monoisotopic (exact) mass is 178 g/mol. The van der Waals surface area contributed by atoms with Gasteiger partial charge in [0.05, 0.1) is 5.92 Å². The van der Waals surface area contributed by atoms with Gasteiger partial charge >= 0.3 is 0 Å². The van der Waals surface area contributed by atoms with E-state index < -0.39 is 0 Å². The van der Waals surface area contributed by atoms with E-state index in [2.05, 4.69) is 5.32 Å². The lowest BCUT2D eigenvalue weighted by molar-refractivity contribution is -0.615. The van der Waals surface area contributed by atoms with E-state index in [4.69, 9.17) is 0 Å². The maximum atomic E-state index is 11.4. The normalized spacial score (nSPS) is 22.9. The van der Waals surface area contributed by atoms with Gasteiger partial charge in [-0.05, 0) is 19.4 Å². The fourth-order valence-corrected chi connectivity index (χ4v) is 1.86. The van der Waals surface area contributed by atoms with Gasteiger partial charge in [0, 0.05) is 18.7 Å². The molecule has 0 radical (unpaired) electrons. The van der Waals surface area contributed by atoms with Gasteiger partial charge in [-0.1, -0.05) is 6.07 Å². The van der Waals surface area contributed by atoms with Crippen LogP contribution in [0.15, 0.2) is 24.4 Å². The number of rotatable bonds is 1. The van der Waals surface area contributed by atoms with Crippen molar-refractivity contribution in [1.29, 1.82) is 0 Å². The lowest BCUT2D eigenvalue weighted by Crippen LogP contribution is -2.38. The van der Waals surface area contributed by atoms with Crippen LogP contribution in [0, 0.1) is 5.21 Å². The van der Waals surface area contributed by atoms with Crippen molar-refractivity contribution in [2.75, 3.05) is 13.1 Å². The Morgan fingerprint density at radius 1 is 1.46 bits per heavy atom. The van der Waals surface area contributed by atoms with E-state index in [-0.39, 0.29) is 0 Å². The Bertz CT molecular complexity index is 282. The van der Waals surface area contributed by atoms with Gasteiger partial charge in [-0.15, -0.1) is 0 Å². The van der Waals surface area contributed by atoms with E-state index >= 15 is 0 Å². The third-order valence-corrected chi connectivity index (χ3v) is 2.57. The van der Waals surface area contributed by atoms with Crippen molar-refractivity contribution in [3.63, 3.8) is 0 Å². The standard InChI is InChI=1S/C10H14N2O/c13-12-7-2-1-5-10(12)9-4-3-6-11-8-9/h1-2,5,7,9,11H,3-4,6,8H2. The van der Waals surface area contributed by atoms with Crippen LogP contribution in [-0.2, 0) is 0 Å². The molecule has 1 atom stereocenters. The van der Waals surface area contributed by atoms with E-state index in [0.29, 0.717) is 5.92 Å². The van der Waals surface area contributed by atoms with Gasteiger partial charge in [0.25, 0.3) is 0 Å². The quantitative estimate of drug-likeness (QED) is 0.510. The maximum absolute atomic E-state index is 11.4. The van der Waals surface area contributed by atoms with E-state index in [0.717, 1.165) is 29.9 Å². The summed E-state index contributed by atoms with van der Waals surface area (Å²) in [5.74, 6) is 0.396. The molecule has 13 heavy (non-hydrogen) atoms. The van der Waals surface area contributed by atoms with Gasteiger partial charge in [0.1, 0.15) is 0 Å². The average molecular weight is 178 g/mol. The Morgan fingerprint density at radius 3 is 3.08 bits per heavy atom. The van der Waals surface area contributed by atoms with Gasteiger partial charge < -0.3 is 10.5 Å². The molecule has 1 saturated heterocycles. The highest BCUT2D eigenvalue weighted by Gasteiger charge is 2.21. The fraction of sp³-hybridized carbons (Fsp3) is 0.500. The number of aromatic nitrogens is 1. The Balaban J connectivity index is 2.18. The molecule has 3 heteroatoms. The Labute approximate surface area is 78.0 Å². The third-order valence-electron chi connectivity index (χ3n) is 2.57. The molecule has 1 N–H and O–H groups in total. The van der Waals surface area contributed by atoms with Crippen molar-refractivity contribution in [2.45, 2.75) is 18.8 Å². The van der Waals surface area contributed by atoms with Crippen LogP contribution in [-0.4, -0.2) is 13.1 Å². The topological polar surface area (TPSA) is 39.0 Å². The van der Waals surface area contributed by atoms with Crippen LogP contribution in [0.5, 0.6) is 0 Å². The molecule has 1 aromatic heterocycles. The van der Waals surface area contributed by atoms with Crippen LogP contribution in [0.1, 0.15) is 24.5 Å². The number of nitrogens with one attached hydrogen (secondary N) is 1. The largest absolute Gasteiger partial charge is 0.618 e. The predicted molar refractivity (Wildman–Crippen MR) is 50.2 cm³/mol. The molecule has 1 unspecified atom stereocenters. The molecule has 1 aromatic rings. The number of hydrogen-bond acceptors (Lipinski definition) is 2. The van der Waals surface area contributed by atoms with Crippen LogP contribution in [0.3, 0.4) is 0 Å². The zero-order valence-electron chi connectivity index (χ0n) is 7.57. The lowest BCUT2D eigenvalue weighted by Gasteiger charge is -2.21. The molecule has 3 nitrogen and oxygen atoms in total. The average Bonchev–Trinajstić information content (AvgIpc) is 2.20. The first kappa shape index (κ1) is 8.51. The molecule has 1 fully saturated rings. The van der Waals surface area contributed by atoms with Crippen LogP contribution in [0.2, 0.25) is 0 Å². The Kier molecular flexibility index (Phi) is 2.45. The summed E-state index contributed by atoms with van der Waals surface area (Å²) in [6.07, 6.45) is 3.86. The first-order chi connectivity index (χ1) is 6.38. The zero-order chi connectivity index (χ0) is 9.10. The first-order valence-corrected chi connectivity index (χ1v) is 4.77. The number of piperidine rings is 1. The number of hydrogen-bond donors (Lipinski definition) is 1. The highest BCUT2D eigenvalue weighted by Crippen LogP contribution is 2.19. The molecule has 0 amide bonds. The molecule has 0 aromatic carbocycles. The molecule has 0 aliphatic carbocycles. The molecular formula is C10H14N2O. The summed E-state index contributed by atoms with van der Waals surface area (Å²) >= 11 is 0. The van der Waals surface area contributed by atoms with Crippen molar-refractivity contribution < 1.29 is 4.73 Å². The van der Waals surface area contributed by atoms with Gasteiger partial charge in [-0.3, -0.25) is 0 Å². The van der Waals surface area contributed by atoms with E-state index in [1.807, 2.05) is 12.1 Å². The van der Waals surface area contributed by atoms with Crippen LogP contribution < -0.4 is 10.0 Å². The number of pyridine rings is 1. The second-order valence-electron chi connectivity index (χ2n) is 3.49. The predicted octanol–water partition coefficient (Wildman–Crippen LogP) is 0.787. The van der Waals surface area contributed by atoms with Gasteiger partial charge in [0.2, 0.25) is 0 Å². The summed E-state index contributed by atoms with van der Waals surface area (Å²) in [6.45, 7) is 2.02. The molecule has 0 bridgehead atoms. The van der Waals surface area contributed by atoms with Crippen molar-refractivity contribution >= 4 is 0 Å². The minimum absolute atomic E-state index is 0.396. The van der Waals surface area contributed by atoms with Crippen LogP contribution in [0.25, 0.3) is 0 Å². The molecule has 70 valence electrons. The first-order valence-electron chi connectivity index (χ1n) is 4.77. The smallest absolute Gasteiger partial charge is 0.197 e. The Morgan fingerprint density at radius 2 is 2.38 bits per heavy atom.